The van der Waals surface area contributed by atoms with Crippen molar-refractivity contribution in [2.24, 2.45) is 5.92 Å². The lowest BCUT2D eigenvalue weighted by Gasteiger charge is -2.09. The number of hydrogen-bond acceptors (Lipinski definition) is 2. The Bertz CT molecular complexity index is 543. The summed E-state index contributed by atoms with van der Waals surface area (Å²) in [4.78, 5) is 12.0. The third-order valence-electron chi connectivity index (χ3n) is 2.70. The van der Waals surface area contributed by atoms with Gasteiger partial charge >= 0.3 is 0 Å². The molecule has 1 amide bonds. The monoisotopic (exact) mass is 231 g/mol. The van der Waals surface area contributed by atoms with Crippen LogP contribution >= 0.6 is 0 Å². The summed E-state index contributed by atoms with van der Waals surface area (Å²) in [7, 11) is 0. The van der Waals surface area contributed by atoms with E-state index in [2.05, 4.69) is 29.4 Å². The molecule has 0 bridgehead atoms. The van der Waals surface area contributed by atoms with E-state index in [1.807, 2.05) is 19.1 Å². The van der Waals surface area contributed by atoms with E-state index in [-0.39, 0.29) is 5.91 Å². The van der Waals surface area contributed by atoms with Crippen LogP contribution in [0, 0.1) is 12.8 Å². The second kappa shape index (κ2) is 4.57. The summed E-state index contributed by atoms with van der Waals surface area (Å²) in [5.74, 6) is 0.433. The minimum atomic E-state index is -0.0206. The normalized spacial score (nSPS) is 11.1. The zero-order chi connectivity index (χ0) is 12.4. The molecule has 0 unspecified atom stereocenters. The first-order chi connectivity index (χ1) is 8.08. The molecule has 0 saturated heterocycles. The Hall–Kier alpha value is -1.84. The number of aromatic nitrogens is 2. The fourth-order valence-electron chi connectivity index (χ4n) is 1.74. The van der Waals surface area contributed by atoms with Crippen LogP contribution in [0.5, 0.6) is 0 Å². The first-order valence-electron chi connectivity index (χ1n) is 5.80. The highest BCUT2D eigenvalue weighted by Crippen LogP contribution is 2.17. The van der Waals surface area contributed by atoms with E-state index >= 15 is 0 Å². The van der Waals surface area contributed by atoms with Crippen LogP contribution in [0.25, 0.3) is 10.9 Å². The molecule has 0 spiro atoms. The molecule has 2 rings (SSSR count). The molecule has 0 atom stereocenters. The molecule has 4 nitrogen and oxygen atoms in total. The quantitative estimate of drug-likeness (QED) is 0.851. The Balaban J connectivity index is 2.27. The molecule has 17 heavy (non-hydrogen) atoms. The highest BCUT2D eigenvalue weighted by atomic mass is 16.1. The molecule has 0 aliphatic rings. The number of benzene rings is 1. The topological polar surface area (TPSA) is 57.8 Å². The lowest BCUT2D eigenvalue weighted by molar-refractivity contribution is 0.0948. The van der Waals surface area contributed by atoms with Crippen LogP contribution in [0.4, 0.5) is 0 Å². The van der Waals surface area contributed by atoms with Gasteiger partial charge in [0.15, 0.2) is 0 Å². The fourth-order valence-corrected chi connectivity index (χ4v) is 1.74. The van der Waals surface area contributed by atoms with Gasteiger partial charge in [-0.25, -0.2) is 0 Å². The van der Waals surface area contributed by atoms with E-state index in [4.69, 9.17) is 0 Å². The van der Waals surface area contributed by atoms with Crippen molar-refractivity contribution in [2.45, 2.75) is 20.8 Å². The summed E-state index contributed by atoms with van der Waals surface area (Å²) in [6.07, 6.45) is 1.76. The molecule has 4 heteroatoms. The molecule has 0 aliphatic carbocycles. The Morgan fingerprint density at radius 1 is 1.47 bits per heavy atom. The highest BCUT2D eigenvalue weighted by molar-refractivity contribution is 5.99. The van der Waals surface area contributed by atoms with Crippen molar-refractivity contribution in [3.63, 3.8) is 0 Å². The second-order valence-corrected chi connectivity index (χ2v) is 4.73. The SMILES string of the molecule is Cc1cc2cn[nH]c2cc1C(=O)NCC(C)C. The van der Waals surface area contributed by atoms with E-state index in [0.29, 0.717) is 18.0 Å². The number of rotatable bonds is 3. The summed E-state index contributed by atoms with van der Waals surface area (Å²) in [5.41, 5.74) is 2.58. The molecule has 0 aliphatic heterocycles. The van der Waals surface area contributed by atoms with E-state index in [0.717, 1.165) is 16.5 Å². The number of amides is 1. The van der Waals surface area contributed by atoms with E-state index in [1.165, 1.54) is 0 Å². The van der Waals surface area contributed by atoms with Gasteiger partial charge in [-0.1, -0.05) is 13.8 Å². The average molecular weight is 231 g/mol. The van der Waals surface area contributed by atoms with Crippen LogP contribution in [-0.4, -0.2) is 22.6 Å². The molecule has 2 aromatic rings. The molecule has 1 heterocycles. The lowest BCUT2D eigenvalue weighted by Crippen LogP contribution is -2.27. The van der Waals surface area contributed by atoms with Gasteiger partial charge in [0, 0.05) is 17.5 Å². The molecule has 0 saturated carbocycles. The number of aromatic amines is 1. The maximum Gasteiger partial charge on any atom is 0.251 e. The summed E-state index contributed by atoms with van der Waals surface area (Å²) in [5, 5.41) is 10.8. The first kappa shape index (κ1) is 11.6. The van der Waals surface area contributed by atoms with Gasteiger partial charge in [-0.3, -0.25) is 9.89 Å². The number of fused-ring (bicyclic) bond motifs is 1. The smallest absolute Gasteiger partial charge is 0.251 e. The Labute approximate surface area is 100 Å². The van der Waals surface area contributed by atoms with Gasteiger partial charge in [0.2, 0.25) is 0 Å². The molecule has 1 aromatic heterocycles. The average Bonchev–Trinajstić information content (AvgIpc) is 2.71. The van der Waals surface area contributed by atoms with E-state index in [1.54, 1.807) is 6.20 Å². The van der Waals surface area contributed by atoms with E-state index < -0.39 is 0 Å². The van der Waals surface area contributed by atoms with Gasteiger partial charge in [-0.05, 0) is 30.5 Å². The number of carbonyl (C=O) groups excluding carboxylic acids is 1. The van der Waals surface area contributed by atoms with Crippen LogP contribution in [0.15, 0.2) is 18.3 Å². The maximum absolute atomic E-state index is 12.0. The van der Waals surface area contributed by atoms with Gasteiger partial charge in [0.1, 0.15) is 0 Å². The molecule has 2 N–H and O–H groups in total. The lowest BCUT2D eigenvalue weighted by atomic mass is 10.1. The molecule has 0 radical (unpaired) electrons. The number of nitrogens with one attached hydrogen (secondary N) is 2. The van der Waals surface area contributed by atoms with Crippen LogP contribution in [0.3, 0.4) is 0 Å². The summed E-state index contributed by atoms with van der Waals surface area (Å²) in [6, 6.07) is 3.83. The van der Waals surface area contributed by atoms with E-state index in [9.17, 15) is 4.79 Å². The van der Waals surface area contributed by atoms with Crippen LogP contribution in [-0.2, 0) is 0 Å². The summed E-state index contributed by atoms with van der Waals surface area (Å²) < 4.78 is 0. The third-order valence-corrected chi connectivity index (χ3v) is 2.70. The Morgan fingerprint density at radius 3 is 2.94 bits per heavy atom. The summed E-state index contributed by atoms with van der Waals surface area (Å²) in [6.45, 7) is 6.78. The fraction of sp³-hybridized carbons (Fsp3) is 0.385. The van der Waals surface area contributed by atoms with Crippen LogP contribution < -0.4 is 5.32 Å². The van der Waals surface area contributed by atoms with Gasteiger partial charge in [-0.15, -0.1) is 0 Å². The number of hydrogen-bond donors (Lipinski definition) is 2. The minimum Gasteiger partial charge on any atom is -0.352 e. The first-order valence-corrected chi connectivity index (χ1v) is 5.80. The van der Waals surface area contributed by atoms with Crippen LogP contribution in [0.2, 0.25) is 0 Å². The molecule has 1 aromatic carbocycles. The maximum atomic E-state index is 12.0. The van der Waals surface area contributed by atoms with Crippen molar-refractivity contribution < 1.29 is 4.79 Å². The second-order valence-electron chi connectivity index (χ2n) is 4.73. The van der Waals surface area contributed by atoms with Crippen molar-refractivity contribution in [3.8, 4) is 0 Å². The predicted molar refractivity (Wildman–Crippen MR) is 68.0 cm³/mol. The minimum absolute atomic E-state index is 0.0206. The molecular formula is C13H17N3O. The van der Waals surface area contributed by atoms with Gasteiger partial charge < -0.3 is 5.32 Å². The predicted octanol–water partition coefficient (Wildman–Crippen LogP) is 2.26. The van der Waals surface area contributed by atoms with Crippen LogP contribution in [0.1, 0.15) is 29.8 Å². The Morgan fingerprint density at radius 2 is 2.24 bits per heavy atom. The number of aryl methyl sites for hydroxylation is 1. The summed E-state index contributed by atoms with van der Waals surface area (Å²) >= 11 is 0. The highest BCUT2D eigenvalue weighted by Gasteiger charge is 2.11. The number of nitrogens with zero attached hydrogens (tertiary/aromatic N) is 1. The Kier molecular flexibility index (Phi) is 3.13. The number of H-pyrrole nitrogens is 1. The zero-order valence-electron chi connectivity index (χ0n) is 10.4. The van der Waals surface area contributed by atoms with Crippen molar-refractivity contribution >= 4 is 16.8 Å². The molecular weight excluding hydrogens is 214 g/mol. The number of carbonyl (C=O) groups is 1. The van der Waals surface area contributed by atoms with Crippen molar-refractivity contribution in [2.75, 3.05) is 6.54 Å². The van der Waals surface area contributed by atoms with Gasteiger partial charge in [0.05, 0.1) is 11.7 Å². The zero-order valence-corrected chi connectivity index (χ0v) is 10.4. The largest absolute Gasteiger partial charge is 0.352 e. The van der Waals surface area contributed by atoms with Crippen molar-refractivity contribution in [1.29, 1.82) is 0 Å². The van der Waals surface area contributed by atoms with Crippen molar-refractivity contribution in [3.05, 3.63) is 29.5 Å². The van der Waals surface area contributed by atoms with Gasteiger partial charge in [0.25, 0.3) is 5.91 Å². The molecule has 90 valence electrons. The van der Waals surface area contributed by atoms with Crippen molar-refractivity contribution in [1.82, 2.24) is 15.5 Å². The molecule has 0 fully saturated rings. The van der Waals surface area contributed by atoms with Gasteiger partial charge in [-0.2, -0.15) is 5.10 Å². The third kappa shape index (κ3) is 2.46. The standard InChI is InChI=1S/C13H17N3O/c1-8(2)6-14-13(17)11-5-12-10(4-9(11)3)7-15-16-12/h4-5,7-8H,6H2,1-3H3,(H,14,17)(H,15,16).